The van der Waals surface area contributed by atoms with Crippen molar-refractivity contribution in [1.82, 2.24) is 15.0 Å². The Bertz CT molecular complexity index is 850. The van der Waals surface area contributed by atoms with Crippen molar-refractivity contribution in [3.05, 3.63) is 62.3 Å². The predicted molar refractivity (Wildman–Crippen MR) is 90.9 cm³/mol. The minimum atomic E-state index is -0.439. The van der Waals surface area contributed by atoms with Crippen LogP contribution in [0.5, 0.6) is 0 Å². The summed E-state index contributed by atoms with van der Waals surface area (Å²) in [5, 5.41) is 17.3. The molecule has 24 heavy (non-hydrogen) atoms. The van der Waals surface area contributed by atoms with Gasteiger partial charge in [0.2, 0.25) is 11.7 Å². The fourth-order valence-corrected chi connectivity index (χ4v) is 3.02. The van der Waals surface area contributed by atoms with Crippen LogP contribution in [0.4, 0.5) is 5.69 Å². The van der Waals surface area contributed by atoms with Crippen molar-refractivity contribution in [1.29, 1.82) is 0 Å². The number of rotatable bonds is 6. The van der Waals surface area contributed by atoms with E-state index in [0.717, 1.165) is 4.88 Å². The van der Waals surface area contributed by atoms with Crippen LogP contribution in [0.25, 0.3) is 10.7 Å². The molecule has 0 aliphatic rings. The van der Waals surface area contributed by atoms with Gasteiger partial charge in [0.25, 0.3) is 5.69 Å². The number of non-ortho nitro benzene ring substituents is 1. The Morgan fingerprint density at radius 3 is 2.92 bits per heavy atom. The number of thiophene rings is 1. The molecule has 0 aliphatic carbocycles. The second kappa shape index (κ2) is 7.08. The standard InChI is InChI=1S/C15H13ClN4O3S/c1-19(8-10-7-11(20(21)22)4-5-12(10)16)9-14-17-15(18-23-14)13-3-2-6-24-13/h2-7H,8-9H2,1H3. The van der Waals surface area contributed by atoms with Crippen molar-refractivity contribution in [3.63, 3.8) is 0 Å². The normalized spacial score (nSPS) is 11.1. The lowest BCUT2D eigenvalue weighted by molar-refractivity contribution is -0.384. The van der Waals surface area contributed by atoms with E-state index in [1.807, 2.05) is 29.5 Å². The number of nitro groups is 1. The maximum absolute atomic E-state index is 10.9. The van der Waals surface area contributed by atoms with Crippen molar-refractivity contribution in [2.75, 3.05) is 7.05 Å². The van der Waals surface area contributed by atoms with Crippen LogP contribution in [0.2, 0.25) is 5.02 Å². The molecule has 124 valence electrons. The predicted octanol–water partition coefficient (Wildman–Crippen LogP) is 3.99. The van der Waals surface area contributed by atoms with E-state index in [1.54, 1.807) is 0 Å². The first-order valence-corrected chi connectivity index (χ1v) is 8.26. The van der Waals surface area contributed by atoms with E-state index >= 15 is 0 Å². The van der Waals surface area contributed by atoms with Gasteiger partial charge < -0.3 is 4.52 Å². The minimum Gasteiger partial charge on any atom is -0.338 e. The Morgan fingerprint density at radius 2 is 2.21 bits per heavy atom. The molecule has 3 rings (SSSR count). The highest BCUT2D eigenvalue weighted by Gasteiger charge is 2.14. The highest BCUT2D eigenvalue weighted by atomic mass is 35.5. The molecular weight excluding hydrogens is 352 g/mol. The van der Waals surface area contributed by atoms with E-state index in [-0.39, 0.29) is 5.69 Å². The Hall–Kier alpha value is -2.29. The Balaban J connectivity index is 1.69. The molecule has 0 bridgehead atoms. The summed E-state index contributed by atoms with van der Waals surface area (Å²) in [6, 6.07) is 8.24. The maximum atomic E-state index is 10.9. The number of halogens is 1. The summed E-state index contributed by atoms with van der Waals surface area (Å²) in [5.74, 6) is 1.03. The first-order chi connectivity index (χ1) is 11.5. The molecule has 0 unspecified atom stereocenters. The second-order valence-corrected chi connectivity index (χ2v) is 6.55. The van der Waals surface area contributed by atoms with Crippen molar-refractivity contribution in [2.45, 2.75) is 13.1 Å². The van der Waals surface area contributed by atoms with Gasteiger partial charge in [-0.1, -0.05) is 22.8 Å². The zero-order valence-corrected chi connectivity index (χ0v) is 14.3. The van der Waals surface area contributed by atoms with Gasteiger partial charge in [0.05, 0.1) is 16.3 Å². The number of benzene rings is 1. The molecular formula is C15H13ClN4O3S. The van der Waals surface area contributed by atoms with Crippen LogP contribution in [0, 0.1) is 10.1 Å². The van der Waals surface area contributed by atoms with Gasteiger partial charge >= 0.3 is 0 Å². The van der Waals surface area contributed by atoms with Gasteiger partial charge in [-0.05, 0) is 30.1 Å². The minimum absolute atomic E-state index is 0.0144. The number of nitro benzene ring substituents is 1. The highest BCUT2D eigenvalue weighted by molar-refractivity contribution is 7.13. The molecule has 0 N–H and O–H groups in total. The lowest BCUT2D eigenvalue weighted by atomic mass is 10.2. The fraction of sp³-hybridized carbons (Fsp3) is 0.200. The number of nitrogens with zero attached hydrogens (tertiary/aromatic N) is 4. The van der Waals surface area contributed by atoms with Crippen LogP contribution in [0.15, 0.2) is 40.2 Å². The van der Waals surface area contributed by atoms with Gasteiger partial charge in [0.15, 0.2) is 0 Å². The Labute approximate surface area is 146 Å². The Kier molecular flexibility index (Phi) is 4.89. The van der Waals surface area contributed by atoms with E-state index in [4.69, 9.17) is 16.1 Å². The molecule has 0 atom stereocenters. The molecule has 0 spiro atoms. The summed E-state index contributed by atoms with van der Waals surface area (Å²) >= 11 is 7.66. The first-order valence-electron chi connectivity index (χ1n) is 7.01. The lowest BCUT2D eigenvalue weighted by Crippen LogP contribution is -2.17. The summed E-state index contributed by atoms with van der Waals surface area (Å²) in [6.07, 6.45) is 0. The van der Waals surface area contributed by atoms with Crippen LogP contribution in [0.1, 0.15) is 11.5 Å². The molecule has 1 aromatic carbocycles. The van der Waals surface area contributed by atoms with E-state index in [2.05, 4.69) is 10.1 Å². The summed E-state index contributed by atoms with van der Waals surface area (Å²) in [4.78, 5) is 17.6. The molecule has 0 saturated carbocycles. The van der Waals surface area contributed by atoms with Crippen LogP contribution in [-0.2, 0) is 13.1 Å². The van der Waals surface area contributed by atoms with Gasteiger partial charge in [-0.3, -0.25) is 15.0 Å². The topological polar surface area (TPSA) is 85.3 Å². The molecule has 2 aromatic heterocycles. The van der Waals surface area contributed by atoms with Crippen LogP contribution in [-0.4, -0.2) is 27.0 Å². The maximum Gasteiger partial charge on any atom is 0.269 e. The summed E-state index contributed by atoms with van der Waals surface area (Å²) in [6.45, 7) is 0.842. The molecule has 9 heteroatoms. The quantitative estimate of drug-likeness (QED) is 0.485. The average molecular weight is 365 g/mol. The second-order valence-electron chi connectivity index (χ2n) is 5.19. The zero-order valence-electron chi connectivity index (χ0n) is 12.7. The van der Waals surface area contributed by atoms with Gasteiger partial charge in [-0.2, -0.15) is 4.98 Å². The number of hydrogen-bond acceptors (Lipinski definition) is 7. The Morgan fingerprint density at radius 1 is 1.38 bits per heavy atom. The lowest BCUT2D eigenvalue weighted by Gasteiger charge is -2.15. The monoisotopic (exact) mass is 364 g/mol. The fourth-order valence-electron chi connectivity index (χ4n) is 2.20. The van der Waals surface area contributed by atoms with E-state index in [9.17, 15) is 10.1 Å². The van der Waals surface area contributed by atoms with Gasteiger partial charge in [-0.25, -0.2) is 0 Å². The average Bonchev–Trinajstić information content (AvgIpc) is 3.20. The van der Waals surface area contributed by atoms with Crippen LogP contribution < -0.4 is 0 Å². The summed E-state index contributed by atoms with van der Waals surface area (Å²) in [7, 11) is 1.85. The van der Waals surface area contributed by atoms with Crippen molar-refractivity contribution < 1.29 is 9.45 Å². The van der Waals surface area contributed by atoms with Crippen LogP contribution >= 0.6 is 22.9 Å². The van der Waals surface area contributed by atoms with Gasteiger partial charge in [0, 0.05) is 23.7 Å². The third kappa shape index (κ3) is 3.78. The number of hydrogen-bond donors (Lipinski definition) is 0. The third-order valence-electron chi connectivity index (χ3n) is 3.30. The number of aromatic nitrogens is 2. The summed E-state index contributed by atoms with van der Waals surface area (Å²) in [5.41, 5.74) is 0.687. The van der Waals surface area contributed by atoms with E-state index in [0.29, 0.717) is 35.4 Å². The molecule has 0 saturated heterocycles. The summed E-state index contributed by atoms with van der Waals surface area (Å²) < 4.78 is 5.25. The molecule has 0 amide bonds. The van der Waals surface area contributed by atoms with E-state index < -0.39 is 4.92 Å². The highest BCUT2D eigenvalue weighted by Crippen LogP contribution is 2.24. The third-order valence-corrected chi connectivity index (χ3v) is 4.53. The SMILES string of the molecule is CN(Cc1nc(-c2cccs2)no1)Cc1cc([N+](=O)[O-])ccc1Cl. The molecule has 0 aliphatic heterocycles. The molecule has 0 radical (unpaired) electrons. The van der Waals surface area contributed by atoms with E-state index in [1.165, 1.54) is 29.5 Å². The largest absolute Gasteiger partial charge is 0.338 e. The van der Waals surface area contributed by atoms with Crippen molar-refractivity contribution in [2.24, 2.45) is 0 Å². The van der Waals surface area contributed by atoms with Gasteiger partial charge in [0.1, 0.15) is 0 Å². The zero-order chi connectivity index (χ0) is 17.1. The smallest absolute Gasteiger partial charge is 0.269 e. The molecule has 7 nitrogen and oxygen atoms in total. The molecule has 3 aromatic rings. The van der Waals surface area contributed by atoms with Crippen molar-refractivity contribution >= 4 is 28.6 Å². The first kappa shape index (κ1) is 16.6. The van der Waals surface area contributed by atoms with Gasteiger partial charge in [-0.15, -0.1) is 11.3 Å². The molecule has 0 fully saturated rings. The molecule has 2 heterocycles. The van der Waals surface area contributed by atoms with Crippen molar-refractivity contribution in [3.8, 4) is 10.7 Å². The van der Waals surface area contributed by atoms with Crippen LogP contribution in [0.3, 0.4) is 0 Å².